The predicted molar refractivity (Wildman–Crippen MR) is 160 cm³/mol. The van der Waals surface area contributed by atoms with Gasteiger partial charge in [0, 0.05) is 11.1 Å². The van der Waals surface area contributed by atoms with Gasteiger partial charge in [-0.25, -0.2) is 19.4 Å². The molecule has 10 nitrogen and oxygen atoms in total. The van der Waals surface area contributed by atoms with Crippen molar-refractivity contribution in [3.63, 3.8) is 0 Å². The Balaban J connectivity index is 1.18. The number of hydrogen-bond acceptors (Lipinski definition) is 10. The van der Waals surface area contributed by atoms with Gasteiger partial charge in [0.25, 0.3) is 0 Å². The fraction of sp³-hybridized carbons (Fsp3) is 0.167. The molecule has 0 amide bonds. The number of carbonyl (C=O) groups is 6. The van der Waals surface area contributed by atoms with Crippen molar-refractivity contribution in [2.24, 2.45) is 11.8 Å². The van der Waals surface area contributed by atoms with Crippen molar-refractivity contribution < 1.29 is 48.0 Å². The van der Waals surface area contributed by atoms with Crippen LogP contribution in [0, 0.1) is 11.8 Å². The standard InChI is InChI=1S/C36H26O10/c37-31(27-13-5-7-15-29(27)43-33(39)21-17-18-21)23-9-1-3-11-25(23)35(41)45-46-36(42)26-12-4-2-10-24(26)32(38)28-14-6-8-16-30(28)44-34(40)22-19-20-22/h1-16,21-22H,17-20H2. The van der Waals surface area contributed by atoms with E-state index in [-0.39, 0.29) is 56.7 Å². The number of ether oxygens (including phenoxy) is 2. The molecule has 0 N–H and O–H groups in total. The molecule has 4 aromatic rings. The van der Waals surface area contributed by atoms with Gasteiger partial charge >= 0.3 is 23.9 Å². The van der Waals surface area contributed by atoms with Crippen molar-refractivity contribution in [2.75, 3.05) is 0 Å². The lowest BCUT2D eigenvalue weighted by atomic mass is 9.97. The Hall–Kier alpha value is -5.90. The molecule has 230 valence electrons. The molecule has 0 heterocycles. The van der Waals surface area contributed by atoms with E-state index >= 15 is 0 Å². The zero-order chi connectivity index (χ0) is 32.2. The Morgan fingerprint density at radius 2 is 0.717 bits per heavy atom. The maximum Gasteiger partial charge on any atom is 0.387 e. The van der Waals surface area contributed by atoms with Gasteiger partial charge in [-0.1, -0.05) is 60.7 Å². The van der Waals surface area contributed by atoms with Crippen molar-refractivity contribution in [3.05, 3.63) is 130 Å². The minimum atomic E-state index is -1.15. The van der Waals surface area contributed by atoms with Gasteiger partial charge in [0.1, 0.15) is 11.5 Å². The van der Waals surface area contributed by atoms with E-state index in [0.29, 0.717) is 0 Å². The molecule has 0 atom stereocenters. The van der Waals surface area contributed by atoms with Gasteiger partial charge in [-0.2, -0.15) is 0 Å². The third kappa shape index (κ3) is 6.61. The molecule has 46 heavy (non-hydrogen) atoms. The largest absolute Gasteiger partial charge is 0.426 e. The number of para-hydroxylation sites is 2. The molecule has 0 saturated heterocycles. The first-order valence-electron chi connectivity index (χ1n) is 14.6. The highest BCUT2D eigenvalue weighted by molar-refractivity contribution is 6.17. The predicted octanol–water partition coefficient (Wildman–Crippen LogP) is 5.71. The summed E-state index contributed by atoms with van der Waals surface area (Å²) in [7, 11) is 0. The zero-order valence-electron chi connectivity index (χ0n) is 24.3. The lowest BCUT2D eigenvalue weighted by Gasteiger charge is -2.12. The van der Waals surface area contributed by atoms with E-state index in [9.17, 15) is 28.8 Å². The summed E-state index contributed by atoms with van der Waals surface area (Å²) in [6.45, 7) is 0. The quantitative estimate of drug-likeness (QED) is 0.0714. The molecule has 2 saturated carbocycles. The van der Waals surface area contributed by atoms with Crippen LogP contribution in [0.25, 0.3) is 0 Å². The normalized spacial score (nSPS) is 13.7. The Morgan fingerprint density at radius 3 is 1.07 bits per heavy atom. The second kappa shape index (κ2) is 13.0. The van der Waals surface area contributed by atoms with Crippen LogP contribution in [0.5, 0.6) is 11.5 Å². The van der Waals surface area contributed by atoms with Crippen molar-refractivity contribution in [3.8, 4) is 11.5 Å². The highest BCUT2D eigenvalue weighted by Crippen LogP contribution is 2.33. The number of carbonyl (C=O) groups excluding carboxylic acids is 6. The van der Waals surface area contributed by atoms with Crippen LogP contribution in [0.1, 0.15) is 78.2 Å². The van der Waals surface area contributed by atoms with Crippen LogP contribution >= 0.6 is 0 Å². The molecular weight excluding hydrogens is 592 g/mol. The minimum absolute atomic E-state index is 0.0594. The minimum Gasteiger partial charge on any atom is -0.426 e. The fourth-order valence-corrected chi connectivity index (χ4v) is 4.68. The summed E-state index contributed by atoms with van der Waals surface area (Å²) in [5, 5.41) is 0. The van der Waals surface area contributed by atoms with Crippen LogP contribution in [-0.4, -0.2) is 35.4 Å². The summed E-state index contributed by atoms with van der Waals surface area (Å²) in [6.07, 6.45) is 2.91. The van der Waals surface area contributed by atoms with Gasteiger partial charge in [0.2, 0.25) is 0 Å². The SMILES string of the molecule is O=C(OOC(=O)c1ccccc1C(=O)c1ccccc1OC(=O)C1CC1)c1ccccc1C(=O)c1ccccc1OC(=O)C1CC1. The van der Waals surface area contributed by atoms with E-state index in [2.05, 4.69) is 0 Å². The number of benzene rings is 4. The Labute approximate surface area is 262 Å². The summed E-state index contributed by atoms with van der Waals surface area (Å²) in [4.78, 5) is 87.5. The summed E-state index contributed by atoms with van der Waals surface area (Å²) in [5.74, 6) is -4.65. The van der Waals surface area contributed by atoms with E-state index in [4.69, 9.17) is 19.2 Å². The highest BCUT2D eigenvalue weighted by atomic mass is 17.2. The van der Waals surface area contributed by atoms with E-state index < -0.39 is 35.4 Å². The highest BCUT2D eigenvalue weighted by Gasteiger charge is 2.34. The second-order valence-electron chi connectivity index (χ2n) is 10.9. The molecule has 2 aliphatic rings. The molecule has 0 radical (unpaired) electrons. The van der Waals surface area contributed by atoms with Crippen molar-refractivity contribution >= 4 is 35.4 Å². The summed E-state index contributed by atoms with van der Waals surface area (Å²) < 4.78 is 10.9. The zero-order valence-corrected chi connectivity index (χ0v) is 24.3. The molecule has 4 aromatic carbocycles. The average Bonchev–Trinajstić information content (AvgIpc) is 4.00. The van der Waals surface area contributed by atoms with Crippen LogP contribution in [0.4, 0.5) is 0 Å². The maximum atomic E-state index is 13.5. The van der Waals surface area contributed by atoms with Crippen LogP contribution in [0.3, 0.4) is 0 Å². The smallest absolute Gasteiger partial charge is 0.387 e. The van der Waals surface area contributed by atoms with Crippen LogP contribution in [0.15, 0.2) is 97.1 Å². The van der Waals surface area contributed by atoms with E-state index in [1.807, 2.05) is 0 Å². The molecule has 6 rings (SSSR count). The Bertz CT molecular complexity index is 1750. The number of rotatable bonds is 10. The molecule has 0 aromatic heterocycles. The Kier molecular flexibility index (Phi) is 8.51. The van der Waals surface area contributed by atoms with Crippen molar-refractivity contribution in [2.45, 2.75) is 25.7 Å². The Morgan fingerprint density at radius 1 is 0.413 bits per heavy atom. The van der Waals surface area contributed by atoms with Crippen molar-refractivity contribution in [1.29, 1.82) is 0 Å². The monoisotopic (exact) mass is 618 g/mol. The second-order valence-corrected chi connectivity index (χ2v) is 10.9. The molecule has 2 aliphatic carbocycles. The van der Waals surface area contributed by atoms with Crippen LogP contribution in [-0.2, 0) is 19.4 Å². The first-order valence-corrected chi connectivity index (χ1v) is 14.6. The van der Waals surface area contributed by atoms with Gasteiger partial charge in [0.05, 0.1) is 34.1 Å². The van der Waals surface area contributed by atoms with Gasteiger partial charge in [-0.3, -0.25) is 19.2 Å². The number of hydrogen-bond donors (Lipinski definition) is 0. The molecule has 0 bridgehead atoms. The number of esters is 2. The first kappa shape index (κ1) is 30.1. The van der Waals surface area contributed by atoms with Crippen LogP contribution < -0.4 is 9.47 Å². The summed E-state index contributed by atoms with van der Waals surface area (Å²) in [5.41, 5.74) is -0.454. The average molecular weight is 619 g/mol. The molecular formula is C36H26O10. The van der Waals surface area contributed by atoms with Crippen LogP contribution in [0.2, 0.25) is 0 Å². The third-order valence-corrected chi connectivity index (χ3v) is 7.48. The number of ketones is 2. The molecule has 10 heteroatoms. The lowest BCUT2D eigenvalue weighted by molar-refractivity contribution is -0.187. The van der Waals surface area contributed by atoms with Gasteiger partial charge < -0.3 is 9.47 Å². The summed E-state index contributed by atoms with van der Waals surface area (Å²) in [6, 6.07) is 23.8. The van der Waals surface area contributed by atoms with Crippen molar-refractivity contribution in [1.82, 2.24) is 0 Å². The topological polar surface area (TPSA) is 139 Å². The lowest BCUT2D eigenvalue weighted by Crippen LogP contribution is -2.18. The van der Waals surface area contributed by atoms with E-state index in [0.717, 1.165) is 25.7 Å². The van der Waals surface area contributed by atoms with Gasteiger partial charge in [0.15, 0.2) is 11.6 Å². The fourth-order valence-electron chi connectivity index (χ4n) is 4.68. The molecule has 0 aliphatic heterocycles. The van der Waals surface area contributed by atoms with E-state index in [1.165, 1.54) is 72.8 Å². The molecule has 0 spiro atoms. The first-order chi connectivity index (χ1) is 22.3. The summed E-state index contributed by atoms with van der Waals surface area (Å²) >= 11 is 0. The van der Waals surface area contributed by atoms with E-state index in [1.54, 1.807) is 24.3 Å². The molecule has 0 unspecified atom stereocenters. The van der Waals surface area contributed by atoms with Gasteiger partial charge in [-0.15, -0.1) is 0 Å². The maximum absolute atomic E-state index is 13.5. The third-order valence-electron chi connectivity index (χ3n) is 7.48. The van der Waals surface area contributed by atoms with Gasteiger partial charge in [-0.05, 0) is 62.1 Å². The molecule has 2 fully saturated rings.